The molecule has 0 fully saturated rings. The van der Waals surface area contributed by atoms with Crippen LogP contribution in [0.2, 0.25) is 10.0 Å². The number of benzene rings is 2. The van der Waals surface area contributed by atoms with E-state index in [4.69, 9.17) is 23.2 Å². The molecule has 1 aliphatic heterocycles. The standard InChI is InChI=1S/C27H28Cl2N2O3S2/c1-19(2)17-30(36(33,34)15-12-20-6-4-3-5-7-20)18-26(32)31-13-10-25-23(11-14-35-25)27(31)22-9-8-21(28)16-24(22)29/h3-9,11-12,14-16,19,27H,10,13,17-18H2,1-2H3. The van der Waals surface area contributed by atoms with E-state index in [-0.39, 0.29) is 24.9 Å². The first-order valence-corrected chi connectivity index (χ1v) is 14.8. The number of halogens is 2. The van der Waals surface area contributed by atoms with Crippen LogP contribution in [0.15, 0.2) is 65.4 Å². The average molecular weight is 564 g/mol. The predicted octanol–water partition coefficient (Wildman–Crippen LogP) is 6.49. The van der Waals surface area contributed by atoms with Gasteiger partial charge in [0.15, 0.2) is 0 Å². The van der Waals surface area contributed by atoms with Crippen LogP contribution in [-0.2, 0) is 21.2 Å². The first kappa shape index (κ1) is 26.9. The van der Waals surface area contributed by atoms with Crippen molar-refractivity contribution in [3.63, 3.8) is 0 Å². The minimum Gasteiger partial charge on any atom is -0.330 e. The Morgan fingerprint density at radius 3 is 2.58 bits per heavy atom. The molecule has 5 nitrogen and oxygen atoms in total. The first-order valence-electron chi connectivity index (χ1n) is 11.7. The highest BCUT2D eigenvalue weighted by Crippen LogP contribution is 2.41. The fourth-order valence-corrected chi connectivity index (χ4v) is 7.08. The number of hydrogen-bond acceptors (Lipinski definition) is 4. The van der Waals surface area contributed by atoms with Gasteiger partial charge in [0.1, 0.15) is 0 Å². The van der Waals surface area contributed by atoms with Crippen molar-refractivity contribution in [1.29, 1.82) is 0 Å². The minimum atomic E-state index is -3.83. The highest BCUT2D eigenvalue weighted by Gasteiger charge is 2.36. The van der Waals surface area contributed by atoms with E-state index >= 15 is 0 Å². The van der Waals surface area contributed by atoms with Crippen molar-refractivity contribution in [3.8, 4) is 0 Å². The third-order valence-electron chi connectivity index (χ3n) is 6.02. The lowest BCUT2D eigenvalue weighted by atomic mass is 9.93. The second-order valence-corrected chi connectivity index (χ2v) is 12.8. The Hall–Kier alpha value is -2.16. The van der Waals surface area contributed by atoms with E-state index in [1.807, 2.05) is 61.7 Å². The maximum Gasteiger partial charge on any atom is 0.238 e. The Kier molecular flexibility index (Phi) is 8.58. The van der Waals surface area contributed by atoms with Crippen LogP contribution in [0.4, 0.5) is 0 Å². The predicted molar refractivity (Wildman–Crippen MR) is 149 cm³/mol. The number of nitrogens with zero attached hydrogens (tertiary/aromatic N) is 2. The van der Waals surface area contributed by atoms with Crippen LogP contribution >= 0.6 is 34.5 Å². The van der Waals surface area contributed by atoms with Gasteiger partial charge in [0.25, 0.3) is 0 Å². The Morgan fingerprint density at radius 1 is 1.14 bits per heavy atom. The molecule has 1 atom stereocenters. The normalized spacial score (nSPS) is 16.2. The summed E-state index contributed by atoms with van der Waals surface area (Å²) in [5.41, 5.74) is 2.57. The monoisotopic (exact) mass is 562 g/mol. The van der Waals surface area contributed by atoms with Crippen molar-refractivity contribution >= 4 is 56.5 Å². The van der Waals surface area contributed by atoms with Crippen molar-refractivity contribution in [3.05, 3.63) is 97.0 Å². The highest BCUT2D eigenvalue weighted by molar-refractivity contribution is 7.92. The van der Waals surface area contributed by atoms with E-state index < -0.39 is 16.1 Å². The molecule has 0 spiro atoms. The quantitative estimate of drug-likeness (QED) is 0.315. The molecule has 4 rings (SSSR count). The van der Waals surface area contributed by atoms with E-state index in [1.54, 1.807) is 34.4 Å². The van der Waals surface area contributed by atoms with Gasteiger partial charge in [-0.25, -0.2) is 8.42 Å². The van der Waals surface area contributed by atoms with E-state index in [2.05, 4.69) is 0 Å². The van der Waals surface area contributed by atoms with E-state index in [1.165, 1.54) is 14.6 Å². The van der Waals surface area contributed by atoms with Gasteiger partial charge >= 0.3 is 0 Å². The number of carbonyl (C=O) groups is 1. The van der Waals surface area contributed by atoms with Crippen molar-refractivity contribution in [2.24, 2.45) is 5.92 Å². The summed E-state index contributed by atoms with van der Waals surface area (Å²) in [6, 6.07) is 16.1. The molecule has 1 unspecified atom stereocenters. The summed E-state index contributed by atoms with van der Waals surface area (Å²) in [5.74, 6) is -0.218. The molecule has 36 heavy (non-hydrogen) atoms. The zero-order valence-electron chi connectivity index (χ0n) is 20.1. The third kappa shape index (κ3) is 6.21. The molecule has 190 valence electrons. The largest absolute Gasteiger partial charge is 0.330 e. The molecular weight excluding hydrogens is 535 g/mol. The molecule has 0 radical (unpaired) electrons. The lowest BCUT2D eigenvalue weighted by Gasteiger charge is -2.38. The summed E-state index contributed by atoms with van der Waals surface area (Å²) in [4.78, 5) is 16.7. The average Bonchev–Trinajstić information content (AvgIpc) is 3.31. The van der Waals surface area contributed by atoms with Gasteiger partial charge in [0, 0.05) is 33.4 Å². The fraction of sp³-hybridized carbons (Fsp3) is 0.296. The lowest BCUT2D eigenvalue weighted by molar-refractivity contribution is -0.133. The van der Waals surface area contributed by atoms with Crippen LogP contribution in [0.3, 0.4) is 0 Å². The summed E-state index contributed by atoms with van der Waals surface area (Å²) in [6.07, 6.45) is 2.27. The molecule has 1 amide bonds. The maximum absolute atomic E-state index is 13.7. The van der Waals surface area contributed by atoms with Gasteiger partial charge in [0.2, 0.25) is 15.9 Å². The Labute approximate surface area is 227 Å². The number of hydrogen-bond donors (Lipinski definition) is 0. The molecule has 2 heterocycles. The summed E-state index contributed by atoms with van der Waals surface area (Å²) in [5, 5.41) is 4.18. The zero-order valence-corrected chi connectivity index (χ0v) is 23.2. The molecule has 1 aromatic heterocycles. The van der Waals surface area contributed by atoms with Crippen LogP contribution in [0.5, 0.6) is 0 Å². The van der Waals surface area contributed by atoms with Gasteiger partial charge in [-0.1, -0.05) is 73.4 Å². The molecule has 9 heteroatoms. The van der Waals surface area contributed by atoms with Crippen LogP contribution in [0.1, 0.15) is 41.5 Å². The molecule has 0 aliphatic carbocycles. The van der Waals surface area contributed by atoms with Crippen molar-refractivity contribution < 1.29 is 13.2 Å². The van der Waals surface area contributed by atoms with Crippen LogP contribution in [0.25, 0.3) is 6.08 Å². The van der Waals surface area contributed by atoms with E-state index in [0.717, 1.165) is 16.7 Å². The second-order valence-electron chi connectivity index (χ2n) is 9.15. The maximum atomic E-state index is 13.7. The Bertz CT molecular complexity index is 1350. The molecule has 0 saturated heterocycles. The third-order valence-corrected chi connectivity index (χ3v) is 9.05. The van der Waals surface area contributed by atoms with Gasteiger partial charge in [-0.3, -0.25) is 4.79 Å². The zero-order chi connectivity index (χ0) is 25.9. The van der Waals surface area contributed by atoms with Crippen molar-refractivity contribution in [2.75, 3.05) is 19.6 Å². The number of sulfonamides is 1. The van der Waals surface area contributed by atoms with Crippen LogP contribution in [-0.4, -0.2) is 43.2 Å². The number of thiophene rings is 1. The SMILES string of the molecule is CC(C)CN(CC(=O)N1CCc2sccc2C1c1ccc(Cl)cc1Cl)S(=O)(=O)C=Cc1ccccc1. The van der Waals surface area contributed by atoms with Crippen molar-refractivity contribution in [1.82, 2.24) is 9.21 Å². The smallest absolute Gasteiger partial charge is 0.238 e. The molecule has 1 aliphatic rings. The number of rotatable bonds is 8. The van der Waals surface area contributed by atoms with Gasteiger partial charge in [0.05, 0.1) is 12.6 Å². The highest BCUT2D eigenvalue weighted by atomic mass is 35.5. The van der Waals surface area contributed by atoms with Gasteiger partial charge in [-0.05, 0) is 58.7 Å². The fourth-order valence-electron chi connectivity index (χ4n) is 4.37. The van der Waals surface area contributed by atoms with Gasteiger partial charge in [-0.2, -0.15) is 4.31 Å². The first-order chi connectivity index (χ1) is 17.2. The van der Waals surface area contributed by atoms with Crippen LogP contribution in [0, 0.1) is 5.92 Å². The summed E-state index contributed by atoms with van der Waals surface area (Å²) in [7, 11) is -3.83. The van der Waals surface area contributed by atoms with Gasteiger partial charge < -0.3 is 4.90 Å². The topological polar surface area (TPSA) is 57.7 Å². The summed E-state index contributed by atoms with van der Waals surface area (Å²) in [6.45, 7) is 4.33. The molecule has 0 saturated carbocycles. The van der Waals surface area contributed by atoms with E-state index in [0.29, 0.717) is 23.0 Å². The number of carbonyl (C=O) groups excluding carboxylic acids is 1. The molecule has 0 N–H and O–H groups in total. The second kappa shape index (κ2) is 11.5. The minimum absolute atomic E-state index is 0.0454. The summed E-state index contributed by atoms with van der Waals surface area (Å²) >= 11 is 14.4. The number of amides is 1. The Balaban J connectivity index is 1.64. The van der Waals surface area contributed by atoms with Crippen LogP contribution < -0.4 is 0 Å². The molecular formula is C27H28Cl2N2O3S2. The summed E-state index contributed by atoms with van der Waals surface area (Å²) < 4.78 is 27.9. The molecule has 2 aromatic carbocycles. The molecule has 0 bridgehead atoms. The van der Waals surface area contributed by atoms with E-state index in [9.17, 15) is 13.2 Å². The van der Waals surface area contributed by atoms with Crippen molar-refractivity contribution in [2.45, 2.75) is 26.3 Å². The number of fused-ring (bicyclic) bond motifs is 1. The molecule has 3 aromatic rings. The van der Waals surface area contributed by atoms with Gasteiger partial charge in [-0.15, -0.1) is 11.3 Å². The Morgan fingerprint density at radius 2 is 1.89 bits per heavy atom. The lowest BCUT2D eigenvalue weighted by Crippen LogP contribution is -2.47.